The number of ether oxygens (including phenoxy) is 1. The molecule has 0 saturated heterocycles. The van der Waals surface area contributed by atoms with E-state index in [1.807, 2.05) is 50.5 Å². The van der Waals surface area contributed by atoms with Gasteiger partial charge in [0.25, 0.3) is 0 Å². The molecule has 0 unspecified atom stereocenters. The van der Waals surface area contributed by atoms with Gasteiger partial charge in [0.2, 0.25) is 0 Å². The lowest BCUT2D eigenvalue weighted by Crippen LogP contribution is -2.14. The van der Waals surface area contributed by atoms with Crippen molar-refractivity contribution in [2.24, 2.45) is 0 Å². The molecule has 0 aliphatic heterocycles. The van der Waals surface area contributed by atoms with Crippen LogP contribution in [-0.2, 0) is 17.9 Å². The minimum Gasteiger partial charge on any atom is -0.487 e. The fourth-order valence-electron chi connectivity index (χ4n) is 3.93. The lowest BCUT2D eigenvalue weighted by atomic mass is 10.1. The summed E-state index contributed by atoms with van der Waals surface area (Å²) in [4.78, 5) is 19.3. The van der Waals surface area contributed by atoms with E-state index in [4.69, 9.17) is 20.8 Å². The zero-order valence-electron chi connectivity index (χ0n) is 22.8. The zero-order valence-corrected chi connectivity index (χ0v) is 23.5. The first-order chi connectivity index (χ1) is 20.0. The number of furan rings is 1. The predicted octanol–water partition coefficient (Wildman–Crippen LogP) is 6.52. The molecular formula is C31H31ClFN5O3. The molecule has 2 heterocycles. The topological polar surface area (TPSA) is 101 Å². The number of carbonyl (C=O) groups is 1. The Morgan fingerprint density at radius 3 is 2.66 bits per heavy atom. The lowest BCUT2D eigenvalue weighted by Gasteiger charge is -2.12. The molecule has 0 amide bonds. The third kappa shape index (κ3) is 8.34. The van der Waals surface area contributed by atoms with Crippen LogP contribution in [0.25, 0.3) is 22.2 Å². The van der Waals surface area contributed by atoms with Crippen LogP contribution in [0.15, 0.2) is 83.5 Å². The molecule has 5 aromatic rings. The monoisotopic (exact) mass is 575 g/mol. The molecule has 3 N–H and O–H groups in total. The molecule has 5 rings (SSSR count). The Morgan fingerprint density at radius 2 is 1.88 bits per heavy atom. The summed E-state index contributed by atoms with van der Waals surface area (Å²) in [7, 11) is 3.75. The Hall–Kier alpha value is -4.31. The average Bonchev–Trinajstić information content (AvgIpc) is 3.44. The van der Waals surface area contributed by atoms with Crippen molar-refractivity contribution < 1.29 is 18.3 Å². The van der Waals surface area contributed by atoms with Crippen molar-refractivity contribution in [3.8, 4) is 17.1 Å². The third-order valence-electron chi connectivity index (χ3n) is 5.80. The average molecular weight is 576 g/mol. The molecular weight excluding hydrogens is 545 g/mol. The summed E-state index contributed by atoms with van der Waals surface area (Å²) in [5, 5.41) is 10.5. The fraction of sp³-hybridized carbons (Fsp3) is 0.194. The van der Waals surface area contributed by atoms with Crippen LogP contribution in [0.4, 0.5) is 15.9 Å². The molecule has 0 spiro atoms. The van der Waals surface area contributed by atoms with Gasteiger partial charge in [0, 0.05) is 29.6 Å². The van der Waals surface area contributed by atoms with Crippen LogP contribution in [0.1, 0.15) is 17.7 Å². The number of halogens is 2. The number of hydrogen-bond acceptors (Lipinski definition) is 8. The molecule has 0 saturated carbocycles. The van der Waals surface area contributed by atoms with Gasteiger partial charge in [-0.2, -0.15) is 0 Å². The number of fused-ring (bicyclic) bond motifs is 1. The van der Waals surface area contributed by atoms with Crippen LogP contribution < -0.4 is 20.7 Å². The van der Waals surface area contributed by atoms with E-state index >= 15 is 0 Å². The highest BCUT2D eigenvalue weighted by Gasteiger charge is 2.11. The van der Waals surface area contributed by atoms with E-state index in [0.717, 1.165) is 40.0 Å². The number of nitrogens with zero attached hydrogens (tertiary/aromatic N) is 2. The van der Waals surface area contributed by atoms with E-state index in [0.29, 0.717) is 41.7 Å². The molecule has 0 radical (unpaired) electrons. The van der Waals surface area contributed by atoms with Gasteiger partial charge in [-0.1, -0.05) is 23.7 Å². The Kier molecular flexibility index (Phi) is 10.8. The molecule has 8 nitrogen and oxygen atoms in total. The van der Waals surface area contributed by atoms with Gasteiger partial charge in [-0.3, -0.25) is 0 Å². The summed E-state index contributed by atoms with van der Waals surface area (Å²) < 4.78 is 25.2. The first-order valence-corrected chi connectivity index (χ1v) is 13.4. The highest BCUT2D eigenvalue weighted by atomic mass is 35.5. The number of hydrogen-bond donors (Lipinski definition) is 3. The molecule has 0 atom stereocenters. The summed E-state index contributed by atoms with van der Waals surface area (Å²) in [5.74, 6) is 2.29. The van der Waals surface area contributed by atoms with Gasteiger partial charge in [-0.15, -0.1) is 0 Å². The molecule has 2 aromatic heterocycles. The maximum atomic E-state index is 13.4. The zero-order chi connectivity index (χ0) is 29.0. The first-order valence-electron chi connectivity index (χ1n) is 13.0. The second-order valence-electron chi connectivity index (χ2n) is 9.04. The largest absolute Gasteiger partial charge is 0.487 e. The highest BCUT2D eigenvalue weighted by Crippen LogP contribution is 2.32. The van der Waals surface area contributed by atoms with Crippen molar-refractivity contribution in [2.75, 3.05) is 26.0 Å². The van der Waals surface area contributed by atoms with E-state index in [-0.39, 0.29) is 12.4 Å². The van der Waals surface area contributed by atoms with E-state index < -0.39 is 0 Å². The quantitative estimate of drug-likeness (QED) is 0.121. The molecule has 0 aliphatic carbocycles. The van der Waals surface area contributed by atoms with Crippen LogP contribution in [-0.4, -0.2) is 36.9 Å². The SMILES string of the molecule is CNC.O=CCCNCc1ccc(-c2ccc3ncnc(Nc4ccc(OCc5cccc(F)c5)c(Cl)c4)c3c2)o1. The Morgan fingerprint density at radius 1 is 1.02 bits per heavy atom. The predicted molar refractivity (Wildman–Crippen MR) is 160 cm³/mol. The van der Waals surface area contributed by atoms with Gasteiger partial charge < -0.3 is 29.9 Å². The van der Waals surface area contributed by atoms with Crippen LogP contribution >= 0.6 is 11.6 Å². The summed E-state index contributed by atoms with van der Waals surface area (Å²) >= 11 is 6.47. The van der Waals surface area contributed by atoms with Crippen molar-refractivity contribution in [1.82, 2.24) is 20.6 Å². The maximum Gasteiger partial charge on any atom is 0.141 e. The summed E-state index contributed by atoms with van der Waals surface area (Å²) in [6.07, 6.45) is 2.84. The summed E-state index contributed by atoms with van der Waals surface area (Å²) in [5.41, 5.74) is 3.09. The number of carbonyl (C=O) groups excluding carboxylic acids is 1. The number of aromatic nitrogens is 2. The Labute approximate surface area is 242 Å². The minimum atomic E-state index is -0.312. The smallest absolute Gasteiger partial charge is 0.141 e. The van der Waals surface area contributed by atoms with E-state index in [1.165, 1.54) is 18.5 Å². The second kappa shape index (κ2) is 14.9. The number of rotatable bonds is 11. The van der Waals surface area contributed by atoms with Gasteiger partial charge in [0.15, 0.2) is 0 Å². The van der Waals surface area contributed by atoms with Gasteiger partial charge in [0.05, 0.1) is 17.1 Å². The van der Waals surface area contributed by atoms with E-state index in [9.17, 15) is 9.18 Å². The number of anilines is 2. The minimum absolute atomic E-state index is 0.201. The molecule has 0 bridgehead atoms. The number of aldehydes is 1. The molecule has 0 fully saturated rings. The van der Waals surface area contributed by atoms with Crippen LogP contribution in [0, 0.1) is 5.82 Å². The molecule has 3 aromatic carbocycles. The Balaban J connectivity index is 0.00000124. The molecule has 41 heavy (non-hydrogen) atoms. The van der Waals surface area contributed by atoms with Crippen molar-refractivity contribution in [3.05, 3.63) is 101 Å². The normalized spacial score (nSPS) is 10.6. The fourth-order valence-corrected chi connectivity index (χ4v) is 4.17. The van der Waals surface area contributed by atoms with Gasteiger partial charge in [-0.25, -0.2) is 14.4 Å². The first kappa shape index (κ1) is 29.7. The van der Waals surface area contributed by atoms with Crippen molar-refractivity contribution in [2.45, 2.75) is 19.6 Å². The van der Waals surface area contributed by atoms with E-state index in [1.54, 1.807) is 24.3 Å². The summed E-state index contributed by atoms with van der Waals surface area (Å²) in [6, 6.07) is 21.2. The van der Waals surface area contributed by atoms with Crippen molar-refractivity contribution in [3.63, 3.8) is 0 Å². The van der Waals surface area contributed by atoms with Gasteiger partial charge >= 0.3 is 0 Å². The van der Waals surface area contributed by atoms with Crippen LogP contribution in [0.2, 0.25) is 5.02 Å². The van der Waals surface area contributed by atoms with Crippen LogP contribution in [0.5, 0.6) is 5.75 Å². The third-order valence-corrected chi connectivity index (χ3v) is 6.09. The van der Waals surface area contributed by atoms with Crippen LogP contribution in [0.3, 0.4) is 0 Å². The number of benzene rings is 3. The molecule has 0 aliphatic rings. The van der Waals surface area contributed by atoms with Gasteiger partial charge in [0.1, 0.15) is 48.1 Å². The second-order valence-corrected chi connectivity index (χ2v) is 9.45. The Bertz CT molecular complexity index is 1590. The van der Waals surface area contributed by atoms with Crippen molar-refractivity contribution >= 4 is 40.3 Å². The summed E-state index contributed by atoms with van der Waals surface area (Å²) in [6.45, 7) is 1.35. The maximum absolute atomic E-state index is 13.4. The molecule has 212 valence electrons. The standard InChI is InChI=1S/C29H24ClFN4O3.C2H7N/c30-25-15-22(6-9-28(25)37-17-19-3-1-4-21(31)13-19)35-29-24-14-20(5-8-26(24)33-18-34-29)27-10-7-23(38-27)16-32-11-2-12-36;1-3-2/h1,3-10,12-15,18,32H,2,11,16-17H2,(H,33,34,35);3H,1-2H3. The van der Waals surface area contributed by atoms with Gasteiger partial charge in [-0.05, 0) is 80.3 Å². The molecule has 10 heteroatoms. The number of nitrogens with one attached hydrogen (secondary N) is 3. The lowest BCUT2D eigenvalue weighted by molar-refractivity contribution is -0.107. The van der Waals surface area contributed by atoms with Crippen molar-refractivity contribution in [1.29, 1.82) is 0 Å². The highest BCUT2D eigenvalue weighted by molar-refractivity contribution is 6.32. The van der Waals surface area contributed by atoms with E-state index in [2.05, 4.69) is 25.9 Å².